The fourth-order valence-corrected chi connectivity index (χ4v) is 2.69. The minimum absolute atomic E-state index is 0.152. The Bertz CT molecular complexity index is 853. The van der Waals surface area contributed by atoms with Crippen molar-refractivity contribution in [3.63, 3.8) is 0 Å². The lowest BCUT2D eigenvalue weighted by molar-refractivity contribution is 0.249. The maximum atomic E-state index is 12.2. The Labute approximate surface area is 146 Å². The van der Waals surface area contributed by atoms with E-state index in [2.05, 4.69) is 20.7 Å². The molecule has 0 radical (unpaired) electrons. The lowest BCUT2D eigenvalue weighted by Crippen LogP contribution is -2.31. The summed E-state index contributed by atoms with van der Waals surface area (Å²) >= 11 is 0. The predicted molar refractivity (Wildman–Crippen MR) is 94.3 cm³/mol. The molecule has 0 aliphatic rings. The van der Waals surface area contributed by atoms with E-state index in [1.54, 1.807) is 23.3 Å². The van der Waals surface area contributed by atoms with Gasteiger partial charge in [0.25, 0.3) is 0 Å². The summed E-state index contributed by atoms with van der Waals surface area (Å²) in [5, 5.41) is 9.93. The summed E-state index contributed by atoms with van der Waals surface area (Å²) in [6.07, 6.45) is 5.12. The Kier molecular flexibility index (Phi) is 4.83. The fraction of sp³-hybridized carbons (Fsp3) is 0.278. The van der Waals surface area contributed by atoms with Crippen LogP contribution in [0.25, 0.3) is 0 Å². The highest BCUT2D eigenvalue weighted by molar-refractivity contribution is 5.89. The molecule has 0 saturated heterocycles. The van der Waals surface area contributed by atoms with Crippen molar-refractivity contribution in [3.05, 3.63) is 65.6 Å². The molecule has 0 bridgehead atoms. The van der Waals surface area contributed by atoms with Gasteiger partial charge in [-0.05, 0) is 39.0 Å². The summed E-state index contributed by atoms with van der Waals surface area (Å²) in [5.74, 6) is 1.64. The highest BCUT2D eigenvalue weighted by Crippen LogP contribution is 2.21. The molecule has 0 aliphatic heterocycles. The van der Waals surface area contributed by atoms with Crippen molar-refractivity contribution >= 4 is 11.7 Å². The van der Waals surface area contributed by atoms with Crippen LogP contribution in [0.3, 0.4) is 0 Å². The van der Waals surface area contributed by atoms with Gasteiger partial charge in [0.15, 0.2) is 0 Å². The smallest absolute Gasteiger partial charge is 0.319 e. The van der Waals surface area contributed by atoms with Crippen LogP contribution in [0.2, 0.25) is 0 Å². The number of hydrogen-bond acceptors (Lipinski definition) is 4. The predicted octanol–water partition coefficient (Wildman–Crippen LogP) is 3.42. The number of furan rings is 1. The van der Waals surface area contributed by atoms with Gasteiger partial charge in [-0.3, -0.25) is 9.67 Å². The van der Waals surface area contributed by atoms with Crippen molar-refractivity contribution in [1.82, 2.24) is 20.1 Å². The summed E-state index contributed by atoms with van der Waals surface area (Å²) in [6.45, 7) is 6.24. The molecule has 2 amide bonds. The molecule has 130 valence electrons. The van der Waals surface area contributed by atoms with E-state index in [0.717, 1.165) is 22.8 Å². The van der Waals surface area contributed by atoms with E-state index in [9.17, 15) is 4.79 Å². The first kappa shape index (κ1) is 16.8. The number of anilines is 1. The molecule has 0 unspecified atom stereocenters. The number of aryl methyl sites for hydroxylation is 2. The Morgan fingerprint density at radius 3 is 2.88 bits per heavy atom. The third-order valence-electron chi connectivity index (χ3n) is 3.83. The first-order chi connectivity index (χ1) is 12.0. The van der Waals surface area contributed by atoms with Gasteiger partial charge in [-0.15, -0.1) is 0 Å². The van der Waals surface area contributed by atoms with Crippen LogP contribution in [-0.4, -0.2) is 20.8 Å². The lowest BCUT2D eigenvalue weighted by atomic mass is 10.1. The molecule has 25 heavy (non-hydrogen) atoms. The van der Waals surface area contributed by atoms with Crippen molar-refractivity contribution in [1.29, 1.82) is 0 Å². The van der Waals surface area contributed by atoms with Crippen molar-refractivity contribution in [2.75, 3.05) is 5.32 Å². The average molecular weight is 339 g/mol. The number of nitrogens with zero attached hydrogens (tertiary/aromatic N) is 3. The lowest BCUT2D eigenvalue weighted by Gasteiger charge is -2.13. The normalized spacial score (nSPS) is 12.0. The molecule has 7 nitrogen and oxygen atoms in total. The molecule has 3 rings (SSSR count). The summed E-state index contributed by atoms with van der Waals surface area (Å²) in [7, 11) is 0. The topological polar surface area (TPSA) is 85.0 Å². The zero-order valence-electron chi connectivity index (χ0n) is 14.5. The van der Waals surface area contributed by atoms with Crippen LogP contribution < -0.4 is 10.6 Å². The standard InChI is InChI=1S/C18H21N5O2/c1-12-8-17(14(3)25-12)13(2)21-18(24)22-16-9-20-23(11-16)10-15-6-4-5-7-19-15/h4-9,11,13H,10H2,1-3H3,(H2,21,22,24)/t13-/m0/s1. The zero-order chi connectivity index (χ0) is 17.8. The van der Waals surface area contributed by atoms with Gasteiger partial charge in [-0.25, -0.2) is 4.79 Å². The molecule has 3 heterocycles. The number of amides is 2. The van der Waals surface area contributed by atoms with Gasteiger partial charge in [0.05, 0.1) is 30.2 Å². The molecule has 0 spiro atoms. The summed E-state index contributed by atoms with van der Waals surface area (Å²) in [4.78, 5) is 16.4. The quantitative estimate of drug-likeness (QED) is 0.746. The molecular formula is C18H21N5O2. The minimum atomic E-state index is -0.289. The van der Waals surface area contributed by atoms with Crippen molar-refractivity contribution < 1.29 is 9.21 Å². The maximum absolute atomic E-state index is 12.2. The first-order valence-electron chi connectivity index (χ1n) is 8.08. The molecule has 0 saturated carbocycles. The van der Waals surface area contributed by atoms with Crippen LogP contribution >= 0.6 is 0 Å². The van der Waals surface area contributed by atoms with E-state index < -0.39 is 0 Å². The average Bonchev–Trinajstić information content (AvgIpc) is 3.14. The number of hydrogen-bond donors (Lipinski definition) is 2. The van der Waals surface area contributed by atoms with E-state index in [4.69, 9.17) is 4.42 Å². The Balaban J connectivity index is 1.57. The largest absolute Gasteiger partial charge is 0.466 e. The van der Waals surface area contributed by atoms with Gasteiger partial charge in [0.2, 0.25) is 0 Å². The highest BCUT2D eigenvalue weighted by atomic mass is 16.3. The number of urea groups is 1. The number of rotatable bonds is 5. The second-order valence-corrected chi connectivity index (χ2v) is 5.94. The van der Waals surface area contributed by atoms with E-state index in [0.29, 0.717) is 12.2 Å². The van der Waals surface area contributed by atoms with Gasteiger partial charge in [-0.1, -0.05) is 6.07 Å². The molecule has 0 aliphatic carbocycles. The highest BCUT2D eigenvalue weighted by Gasteiger charge is 2.15. The van der Waals surface area contributed by atoms with Crippen molar-refractivity contribution in [2.24, 2.45) is 0 Å². The van der Waals surface area contributed by atoms with E-state index >= 15 is 0 Å². The van der Waals surface area contributed by atoms with Crippen LogP contribution in [0.15, 0.2) is 47.3 Å². The summed E-state index contributed by atoms with van der Waals surface area (Å²) in [5.41, 5.74) is 2.50. The number of carbonyl (C=O) groups excluding carboxylic acids is 1. The third kappa shape index (κ3) is 4.26. The van der Waals surface area contributed by atoms with Crippen LogP contribution in [0.1, 0.15) is 35.7 Å². The Hall–Kier alpha value is -3.09. The zero-order valence-corrected chi connectivity index (χ0v) is 14.5. The molecule has 3 aromatic heterocycles. The summed E-state index contributed by atoms with van der Waals surface area (Å²) < 4.78 is 7.23. The monoisotopic (exact) mass is 339 g/mol. The molecule has 3 aromatic rings. The van der Waals surface area contributed by atoms with Crippen LogP contribution in [0, 0.1) is 13.8 Å². The number of aromatic nitrogens is 3. The van der Waals surface area contributed by atoms with E-state index in [1.165, 1.54) is 0 Å². The second-order valence-electron chi connectivity index (χ2n) is 5.94. The van der Waals surface area contributed by atoms with Crippen LogP contribution in [0.5, 0.6) is 0 Å². The molecule has 0 fully saturated rings. The van der Waals surface area contributed by atoms with E-state index in [-0.39, 0.29) is 12.1 Å². The Morgan fingerprint density at radius 1 is 1.36 bits per heavy atom. The SMILES string of the molecule is Cc1cc([C@H](C)NC(=O)Nc2cnn(Cc3ccccn3)c2)c(C)o1. The van der Waals surface area contributed by atoms with Crippen LogP contribution in [0.4, 0.5) is 10.5 Å². The fourth-order valence-electron chi connectivity index (χ4n) is 2.69. The number of carbonyl (C=O) groups is 1. The molecule has 1 atom stereocenters. The Morgan fingerprint density at radius 2 is 2.20 bits per heavy atom. The maximum Gasteiger partial charge on any atom is 0.319 e. The molecule has 0 aromatic carbocycles. The minimum Gasteiger partial charge on any atom is -0.466 e. The molecular weight excluding hydrogens is 318 g/mol. The van der Waals surface area contributed by atoms with E-state index in [1.807, 2.05) is 45.0 Å². The van der Waals surface area contributed by atoms with Crippen molar-refractivity contribution in [2.45, 2.75) is 33.4 Å². The molecule has 7 heteroatoms. The van der Waals surface area contributed by atoms with Gasteiger partial charge in [0.1, 0.15) is 11.5 Å². The second kappa shape index (κ2) is 7.21. The number of pyridine rings is 1. The van der Waals surface area contributed by atoms with Gasteiger partial charge >= 0.3 is 6.03 Å². The number of nitrogens with one attached hydrogen (secondary N) is 2. The van der Waals surface area contributed by atoms with Gasteiger partial charge < -0.3 is 15.1 Å². The van der Waals surface area contributed by atoms with Crippen molar-refractivity contribution in [3.8, 4) is 0 Å². The van der Waals surface area contributed by atoms with Gasteiger partial charge in [0, 0.05) is 18.0 Å². The van der Waals surface area contributed by atoms with Crippen LogP contribution in [-0.2, 0) is 6.54 Å². The third-order valence-corrected chi connectivity index (χ3v) is 3.83. The first-order valence-corrected chi connectivity index (χ1v) is 8.08. The summed E-state index contributed by atoms with van der Waals surface area (Å²) in [6, 6.07) is 7.22. The molecule has 2 N–H and O–H groups in total. The van der Waals surface area contributed by atoms with Gasteiger partial charge in [-0.2, -0.15) is 5.10 Å².